The second-order valence-electron chi connectivity index (χ2n) is 3.43. The quantitative estimate of drug-likeness (QED) is 0.782. The van der Waals surface area contributed by atoms with Gasteiger partial charge >= 0.3 is 0 Å². The van der Waals surface area contributed by atoms with Crippen molar-refractivity contribution in [1.82, 2.24) is 0 Å². The monoisotopic (exact) mass is 221 g/mol. The van der Waals surface area contributed by atoms with Gasteiger partial charge in [-0.2, -0.15) is 0 Å². The molecule has 1 heterocycles. The fraction of sp³-hybridized carbons (Fsp3) is 0.417. The topological polar surface area (TPSA) is 40.0 Å². The van der Waals surface area contributed by atoms with Gasteiger partial charge in [0.1, 0.15) is 0 Å². The summed E-state index contributed by atoms with van der Waals surface area (Å²) in [4.78, 5) is 4.34. The summed E-state index contributed by atoms with van der Waals surface area (Å²) in [6.07, 6.45) is 0.968. The van der Waals surface area contributed by atoms with Crippen LogP contribution in [-0.2, 0) is 4.74 Å². The van der Waals surface area contributed by atoms with Crippen LogP contribution in [0.5, 0.6) is 11.5 Å². The smallest absolute Gasteiger partial charge is 0.220 e. The van der Waals surface area contributed by atoms with Gasteiger partial charge < -0.3 is 14.2 Å². The van der Waals surface area contributed by atoms with Gasteiger partial charge in [-0.3, -0.25) is 4.99 Å². The van der Waals surface area contributed by atoms with Crippen LogP contribution < -0.4 is 9.47 Å². The Hall–Kier alpha value is -1.71. The van der Waals surface area contributed by atoms with Crippen molar-refractivity contribution < 1.29 is 14.2 Å². The number of ether oxygens (including phenoxy) is 3. The Morgan fingerprint density at radius 1 is 1.25 bits per heavy atom. The summed E-state index contributed by atoms with van der Waals surface area (Å²) in [5, 5.41) is 0. The first-order valence-electron chi connectivity index (χ1n) is 5.25. The lowest BCUT2D eigenvalue weighted by Crippen LogP contribution is -2.15. The van der Waals surface area contributed by atoms with Gasteiger partial charge in [0.2, 0.25) is 5.90 Å². The van der Waals surface area contributed by atoms with Crippen molar-refractivity contribution in [3.8, 4) is 11.5 Å². The largest absolute Gasteiger partial charge is 0.493 e. The summed E-state index contributed by atoms with van der Waals surface area (Å²) < 4.78 is 16.1. The van der Waals surface area contributed by atoms with E-state index >= 15 is 0 Å². The number of benzene rings is 1. The third-order valence-corrected chi connectivity index (χ3v) is 2.43. The Morgan fingerprint density at radius 2 is 2.12 bits per heavy atom. The standard InChI is InChI=1S/C12H15NO3/c1-14-10-6-3-5-9(11(10)15-2)12-13-7-4-8-16-12/h3,5-6H,4,7-8H2,1-2H3. The van der Waals surface area contributed by atoms with Crippen LogP contribution in [0.15, 0.2) is 23.2 Å². The fourth-order valence-corrected chi connectivity index (χ4v) is 1.68. The maximum Gasteiger partial charge on any atom is 0.220 e. The highest BCUT2D eigenvalue weighted by molar-refractivity contribution is 5.98. The minimum absolute atomic E-state index is 0.641. The maximum absolute atomic E-state index is 5.52. The molecule has 86 valence electrons. The number of nitrogens with zero attached hydrogens (tertiary/aromatic N) is 1. The molecule has 0 fully saturated rings. The summed E-state index contributed by atoms with van der Waals surface area (Å²) in [5.74, 6) is 2.00. The molecular formula is C12H15NO3. The summed E-state index contributed by atoms with van der Waals surface area (Å²) in [5.41, 5.74) is 0.849. The first kappa shape index (κ1) is 10.8. The molecule has 1 aliphatic heterocycles. The molecule has 0 atom stereocenters. The highest BCUT2D eigenvalue weighted by atomic mass is 16.5. The van der Waals surface area contributed by atoms with Crippen molar-refractivity contribution in [2.24, 2.45) is 4.99 Å². The van der Waals surface area contributed by atoms with E-state index in [0.29, 0.717) is 24.0 Å². The van der Waals surface area contributed by atoms with Crippen LogP contribution in [-0.4, -0.2) is 33.3 Å². The molecule has 0 aliphatic carbocycles. The molecule has 0 spiro atoms. The normalized spacial score (nSPS) is 15.0. The predicted molar refractivity (Wildman–Crippen MR) is 61.5 cm³/mol. The van der Waals surface area contributed by atoms with Gasteiger partial charge in [0.25, 0.3) is 0 Å². The first-order valence-corrected chi connectivity index (χ1v) is 5.25. The van der Waals surface area contributed by atoms with E-state index in [1.54, 1.807) is 14.2 Å². The summed E-state index contributed by atoms with van der Waals surface area (Å²) in [6.45, 7) is 1.51. The molecule has 4 nitrogen and oxygen atoms in total. The summed E-state index contributed by atoms with van der Waals surface area (Å²) in [6, 6.07) is 5.67. The van der Waals surface area contributed by atoms with Crippen molar-refractivity contribution in [2.75, 3.05) is 27.4 Å². The Balaban J connectivity index is 2.42. The Labute approximate surface area is 94.9 Å². The van der Waals surface area contributed by atoms with Gasteiger partial charge in [0.15, 0.2) is 11.5 Å². The van der Waals surface area contributed by atoms with Gasteiger partial charge in [0.05, 0.1) is 26.4 Å². The van der Waals surface area contributed by atoms with E-state index < -0.39 is 0 Å². The van der Waals surface area contributed by atoms with Crippen LogP contribution in [0.3, 0.4) is 0 Å². The van der Waals surface area contributed by atoms with Crippen molar-refractivity contribution in [2.45, 2.75) is 6.42 Å². The molecule has 0 unspecified atom stereocenters. The molecule has 16 heavy (non-hydrogen) atoms. The van der Waals surface area contributed by atoms with Gasteiger partial charge in [0, 0.05) is 13.0 Å². The van der Waals surface area contributed by atoms with Gasteiger partial charge in [-0.1, -0.05) is 6.07 Å². The Morgan fingerprint density at radius 3 is 2.75 bits per heavy atom. The minimum atomic E-state index is 0.641. The van der Waals surface area contributed by atoms with Gasteiger partial charge in [-0.25, -0.2) is 0 Å². The van der Waals surface area contributed by atoms with Crippen LogP contribution >= 0.6 is 0 Å². The number of para-hydroxylation sites is 1. The number of aliphatic imine (C=N–C) groups is 1. The molecule has 2 rings (SSSR count). The number of methoxy groups -OCH3 is 2. The molecule has 0 aromatic heterocycles. The molecule has 1 aromatic carbocycles. The zero-order valence-electron chi connectivity index (χ0n) is 9.53. The third-order valence-electron chi connectivity index (χ3n) is 2.43. The first-order chi connectivity index (χ1) is 7.86. The number of rotatable bonds is 3. The maximum atomic E-state index is 5.52. The number of hydrogen-bond acceptors (Lipinski definition) is 4. The van der Waals surface area contributed by atoms with E-state index in [2.05, 4.69) is 4.99 Å². The molecular weight excluding hydrogens is 206 g/mol. The van der Waals surface area contributed by atoms with E-state index in [0.717, 1.165) is 18.5 Å². The van der Waals surface area contributed by atoms with Gasteiger partial charge in [-0.05, 0) is 12.1 Å². The van der Waals surface area contributed by atoms with Crippen molar-refractivity contribution in [3.63, 3.8) is 0 Å². The fourth-order valence-electron chi connectivity index (χ4n) is 1.68. The molecule has 1 aromatic rings. The van der Waals surface area contributed by atoms with Crippen molar-refractivity contribution >= 4 is 5.90 Å². The van der Waals surface area contributed by atoms with Crippen LogP contribution in [0.25, 0.3) is 0 Å². The van der Waals surface area contributed by atoms with Crippen LogP contribution in [0.1, 0.15) is 12.0 Å². The molecule has 0 saturated heterocycles. The second kappa shape index (κ2) is 4.88. The molecule has 0 bridgehead atoms. The van der Waals surface area contributed by atoms with E-state index in [1.165, 1.54) is 0 Å². The molecule has 0 amide bonds. The third kappa shape index (κ3) is 1.96. The molecule has 0 saturated carbocycles. The SMILES string of the molecule is COc1cccc(C2=NCCCO2)c1OC. The summed E-state index contributed by atoms with van der Waals surface area (Å²) >= 11 is 0. The van der Waals surface area contributed by atoms with Gasteiger partial charge in [-0.15, -0.1) is 0 Å². The Kier molecular flexibility index (Phi) is 3.29. The highest BCUT2D eigenvalue weighted by Gasteiger charge is 2.17. The number of hydrogen-bond donors (Lipinski definition) is 0. The van der Waals surface area contributed by atoms with Crippen molar-refractivity contribution in [3.05, 3.63) is 23.8 Å². The lowest BCUT2D eigenvalue weighted by atomic mass is 10.1. The predicted octanol–water partition coefficient (Wildman–Crippen LogP) is 1.87. The summed E-state index contributed by atoms with van der Waals surface area (Å²) in [7, 11) is 3.23. The van der Waals surface area contributed by atoms with Crippen LogP contribution in [0.2, 0.25) is 0 Å². The van der Waals surface area contributed by atoms with E-state index in [-0.39, 0.29) is 0 Å². The minimum Gasteiger partial charge on any atom is -0.493 e. The second-order valence-corrected chi connectivity index (χ2v) is 3.43. The van der Waals surface area contributed by atoms with Crippen LogP contribution in [0.4, 0.5) is 0 Å². The molecule has 4 heteroatoms. The molecule has 0 radical (unpaired) electrons. The average molecular weight is 221 g/mol. The average Bonchev–Trinajstić information content (AvgIpc) is 2.38. The lowest BCUT2D eigenvalue weighted by Gasteiger charge is -2.17. The van der Waals surface area contributed by atoms with E-state index in [1.807, 2.05) is 18.2 Å². The van der Waals surface area contributed by atoms with Crippen molar-refractivity contribution in [1.29, 1.82) is 0 Å². The Bertz CT molecular complexity index is 401. The zero-order valence-corrected chi connectivity index (χ0v) is 9.53. The lowest BCUT2D eigenvalue weighted by molar-refractivity contribution is 0.281. The van der Waals surface area contributed by atoms with E-state index in [9.17, 15) is 0 Å². The zero-order chi connectivity index (χ0) is 11.4. The van der Waals surface area contributed by atoms with E-state index in [4.69, 9.17) is 14.2 Å². The van der Waals surface area contributed by atoms with Crippen LogP contribution in [0, 0.1) is 0 Å². The molecule has 0 N–H and O–H groups in total. The molecule has 1 aliphatic rings. The highest BCUT2D eigenvalue weighted by Crippen LogP contribution is 2.31.